The Morgan fingerprint density at radius 2 is 1.95 bits per heavy atom. The maximum absolute atomic E-state index is 12.7. The fraction of sp³-hybridized carbons (Fsp3) is 0.290. The maximum atomic E-state index is 12.7. The number of hydrogen-bond donors (Lipinski definition) is 2. The van der Waals surface area contributed by atoms with Gasteiger partial charge in [0.15, 0.2) is 0 Å². The molecule has 0 radical (unpaired) electrons. The van der Waals surface area contributed by atoms with Crippen molar-refractivity contribution in [2.45, 2.75) is 33.3 Å². The van der Waals surface area contributed by atoms with Crippen LogP contribution in [0.5, 0.6) is 11.5 Å². The van der Waals surface area contributed by atoms with Crippen LogP contribution < -0.4 is 20.1 Å². The van der Waals surface area contributed by atoms with Crippen molar-refractivity contribution in [2.24, 2.45) is 0 Å². The Morgan fingerprint density at radius 3 is 2.67 bits per heavy atom. The van der Waals surface area contributed by atoms with Crippen LogP contribution in [0.4, 0.5) is 17.1 Å². The molecule has 0 aliphatic carbocycles. The van der Waals surface area contributed by atoms with E-state index in [0.29, 0.717) is 63.1 Å². The summed E-state index contributed by atoms with van der Waals surface area (Å²) in [6, 6.07) is 14.9. The van der Waals surface area contributed by atoms with Gasteiger partial charge < -0.3 is 25.0 Å². The first-order valence-corrected chi connectivity index (χ1v) is 14.6. The van der Waals surface area contributed by atoms with Gasteiger partial charge in [0.25, 0.3) is 0 Å². The van der Waals surface area contributed by atoms with Crippen molar-refractivity contribution >= 4 is 61.4 Å². The zero-order chi connectivity index (χ0) is 30.2. The number of carbonyl (C=O) groups is 1. The highest BCUT2D eigenvalue weighted by Crippen LogP contribution is 2.38. The van der Waals surface area contributed by atoms with Crippen LogP contribution in [0.3, 0.4) is 0 Å². The molecule has 0 fully saturated rings. The van der Waals surface area contributed by atoms with E-state index in [1.807, 2.05) is 45.0 Å². The lowest BCUT2D eigenvalue weighted by Crippen LogP contribution is -2.17. The first-order valence-electron chi connectivity index (χ1n) is 13.4. The van der Waals surface area contributed by atoms with Gasteiger partial charge in [-0.15, -0.1) is 0 Å². The van der Waals surface area contributed by atoms with Crippen molar-refractivity contribution in [1.82, 2.24) is 14.9 Å². The number of aromatic nitrogens is 2. The van der Waals surface area contributed by atoms with Crippen LogP contribution in [0, 0.1) is 18.3 Å². The van der Waals surface area contributed by atoms with Gasteiger partial charge in [-0.05, 0) is 86.7 Å². The standard InChI is InChI=1S/C31H32BrClN6O3/c1-5-41-28-15-25-22(14-26(28)37-30(40)7-6-12-39(3)4)31(20(16-34)17-35-25)38-24-10-9-21(13-23(24)33)42-18-27-19(2)8-11-29(32)36-27/h8-11,13-15,17H,5-7,12,18H2,1-4H3,(H,35,38)(H,37,40). The molecule has 1 amide bonds. The number of benzene rings is 2. The van der Waals surface area contributed by atoms with E-state index in [0.717, 1.165) is 28.8 Å². The normalized spacial score (nSPS) is 10.9. The zero-order valence-electron chi connectivity index (χ0n) is 23.9. The monoisotopic (exact) mass is 650 g/mol. The van der Waals surface area contributed by atoms with Crippen LogP contribution in [0.15, 0.2) is 53.3 Å². The molecule has 0 saturated heterocycles. The Bertz CT molecular complexity index is 1640. The predicted octanol–water partition coefficient (Wildman–Crippen LogP) is 7.23. The van der Waals surface area contributed by atoms with Crippen molar-refractivity contribution in [3.05, 3.63) is 75.1 Å². The largest absolute Gasteiger partial charge is 0.492 e. The summed E-state index contributed by atoms with van der Waals surface area (Å²) in [7, 11) is 3.94. The Kier molecular flexibility index (Phi) is 10.6. The molecule has 218 valence electrons. The molecular weight excluding hydrogens is 620 g/mol. The third-order valence-corrected chi connectivity index (χ3v) is 7.17. The molecule has 0 aliphatic heterocycles. The molecule has 0 atom stereocenters. The smallest absolute Gasteiger partial charge is 0.224 e. The maximum Gasteiger partial charge on any atom is 0.224 e. The highest BCUT2D eigenvalue weighted by Gasteiger charge is 2.17. The third kappa shape index (κ3) is 7.88. The molecule has 0 spiro atoms. The molecule has 2 aromatic carbocycles. The average molecular weight is 652 g/mol. The summed E-state index contributed by atoms with van der Waals surface area (Å²) in [5, 5.41) is 17.2. The van der Waals surface area contributed by atoms with Crippen LogP contribution in [0.2, 0.25) is 5.02 Å². The van der Waals surface area contributed by atoms with Gasteiger partial charge in [0.05, 0.1) is 45.5 Å². The first-order chi connectivity index (χ1) is 20.2. The number of hydrogen-bond acceptors (Lipinski definition) is 8. The summed E-state index contributed by atoms with van der Waals surface area (Å²) < 4.78 is 12.5. The Balaban J connectivity index is 1.62. The van der Waals surface area contributed by atoms with E-state index in [1.165, 1.54) is 6.20 Å². The molecule has 4 rings (SSSR count). The number of rotatable bonds is 12. The van der Waals surface area contributed by atoms with E-state index in [9.17, 15) is 10.1 Å². The molecular formula is C31H32BrClN6O3. The molecule has 9 nitrogen and oxygen atoms in total. The molecule has 0 saturated carbocycles. The van der Waals surface area contributed by atoms with E-state index >= 15 is 0 Å². The van der Waals surface area contributed by atoms with Gasteiger partial charge in [0.2, 0.25) is 5.91 Å². The number of nitrogens with zero attached hydrogens (tertiary/aromatic N) is 4. The van der Waals surface area contributed by atoms with Gasteiger partial charge in [-0.2, -0.15) is 5.26 Å². The number of nitriles is 1. The lowest BCUT2D eigenvalue weighted by molar-refractivity contribution is -0.116. The Morgan fingerprint density at radius 1 is 1.14 bits per heavy atom. The lowest BCUT2D eigenvalue weighted by atomic mass is 10.1. The fourth-order valence-corrected chi connectivity index (χ4v) is 4.81. The molecule has 2 aromatic heterocycles. The van der Waals surface area contributed by atoms with Crippen LogP contribution in [-0.4, -0.2) is 48.0 Å². The highest BCUT2D eigenvalue weighted by molar-refractivity contribution is 9.10. The van der Waals surface area contributed by atoms with E-state index in [-0.39, 0.29) is 12.5 Å². The Labute approximate surface area is 258 Å². The van der Waals surface area contributed by atoms with Crippen LogP contribution >= 0.6 is 27.5 Å². The lowest BCUT2D eigenvalue weighted by Gasteiger charge is -2.17. The fourth-order valence-electron chi connectivity index (χ4n) is 4.24. The molecule has 4 aromatic rings. The summed E-state index contributed by atoms with van der Waals surface area (Å²) in [5.74, 6) is 0.958. The van der Waals surface area contributed by atoms with Crippen molar-refractivity contribution in [1.29, 1.82) is 5.26 Å². The number of pyridine rings is 2. The van der Waals surface area contributed by atoms with Gasteiger partial charge in [-0.3, -0.25) is 9.78 Å². The van der Waals surface area contributed by atoms with Crippen molar-refractivity contribution in [3.63, 3.8) is 0 Å². The van der Waals surface area contributed by atoms with E-state index in [1.54, 1.807) is 30.3 Å². The van der Waals surface area contributed by atoms with Gasteiger partial charge >= 0.3 is 0 Å². The number of halogens is 2. The SMILES string of the molecule is CCOc1cc2ncc(C#N)c(Nc3ccc(OCc4nc(Br)ccc4C)cc3Cl)c2cc1NC(=O)CCCN(C)C. The topological polar surface area (TPSA) is 112 Å². The number of carbonyl (C=O) groups excluding carboxylic acids is 1. The van der Waals surface area contributed by atoms with Crippen LogP contribution in [0.25, 0.3) is 10.9 Å². The Hall–Kier alpha value is -3.91. The number of aryl methyl sites for hydroxylation is 1. The van der Waals surface area contributed by atoms with Crippen LogP contribution in [-0.2, 0) is 11.4 Å². The third-order valence-electron chi connectivity index (χ3n) is 6.42. The zero-order valence-corrected chi connectivity index (χ0v) is 26.3. The summed E-state index contributed by atoms with van der Waals surface area (Å²) in [5.41, 5.74) is 4.35. The first kappa shape index (κ1) is 31.0. The molecule has 2 heterocycles. The highest BCUT2D eigenvalue weighted by atomic mass is 79.9. The summed E-state index contributed by atoms with van der Waals surface area (Å²) in [4.78, 5) is 23.7. The molecule has 2 N–H and O–H groups in total. The second-order valence-electron chi connectivity index (χ2n) is 9.87. The second kappa shape index (κ2) is 14.3. The minimum absolute atomic E-state index is 0.122. The van der Waals surface area contributed by atoms with Gasteiger partial charge in [-0.1, -0.05) is 17.7 Å². The van der Waals surface area contributed by atoms with Crippen LogP contribution in [0.1, 0.15) is 36.6 Å². The summed E-state index contributed by atoms with van der Waals surface area (Å²) in [6.45, 7) is 5.35. The molecule has 42 heavy (non-hydrogen) atoms. The minimum Gasteiger partial charge on any atom is -0.492 e. The predicted molar refractivity (Wildman–Crippen MR) is 170 cm³/mol. The van der Waals surface area contributed by atoms with Gasteiger partial charge in [0, 0.05) is 30.1 Å². The summed E-state index contributed by atoms with van der Waals surface area (Å²) in [6.07, 6.45) is 2.59. The molecule has 11 heteroatoms. The van der Waals surface area contributed by atoms with E-state index in [2.05, 4.69) is 42.6 Å². The van der Waals surface area contributed by atoms with Crippen molar-refractivity contribution in [2.75, 3.05) is 37.9 Å². The minimum atomic E-state index is -0.122. The molecule has 0 bridgehead atoms. The molecule has 0 unspecified atom stereocenters. The van der Waals surface area contributed by atoms with Crippen molar-refractivity contribution in [3.8, 4) is 17.6 Å². The number of amides is 1. The van der Waals surface area contributed by atoms with Gasteiger partial charge in [0.1, 0.15) is 28.8 Å². The van der Waals surface area contributed by atoms with Crippen molar-refractivity contribution < 1.29 is 14.3 Å². The second-order valence-corrected chi connectivity index (χ2v) is 11.1. The molecule has 0 aliphatic rings. The average Bonchev–Trinajstić information content (AvgIpc) is 2.95. The number of ether oxygens (including phenoxy) is 2. The van der Waals surface area contributed by atoms with Gasteiger partial charge in [-0.25, -0.2) is 4.98 Å². The van der Waals surface area contributed by atoms with E-state index < -0.39 is 0 Å². The van der Waals surface area contributed by atoms with E-state index in [4.69, 9.17) is 21.1 Å². The number of anilines is 3. The quantitative estimate of drug-likeness (QED) is 0.154. The number of fused-ring (bicyclic) bond motifs is 1. The summed E-state index contributed by atoms with van der Waals surface area (Å²) >= 11 is 10.1. The number of nitrogens with one attached hydrogen (secondary N) is 2.